The van der Waals surface area contributed by atoms with Gasteiger partial charge in [-0.15, -0.1) is 0 Å². The number of rotatable bonds is 7. The van der Waals surface area contributed by atoms with Crippen molar-refractivity contribution < 1.29 is 0 Å². The summed E-state index contributed by atoms with van der Waals surface area (Å²) < 4.78 is 3.31. The molecule has 3 heterocycles. The molecule has 0 amide bonds. The highest BCUT2D eigenvalue weighted by atomic mass is 35.5. The molecule has 9 heteroatoms. The van der Waals surface area contributed by atoms with Crippen molar-refractivity contribution in [3.63, 3.8) is 0 Å². The molecule has 0 spiro atoms. The largest absolute Gasteiger partial charge is 0.340 e. The van der Waals surface area contributed by atoms with Crippen LogP contribution >= 0.6 is 11.6 Å². The molecule has 1 saturated heterocycles. The fourth-order valence-electron chi connectivity index (χ4n) is 4.19. The lowest BCUT2D eigenvalue weighted by atomic mass is 10.2. The molecule has 0 bridgehead atoms. The van der Waals surface area contributed by atoms with Gasteiger partial charge in [0.1, 0.15) is 0 Å². The Morgan fingerprint density at radius 3 is 2.61 bits per heavy atom. The summed E-state index contributed by atoms with van der Waals surface area (Å²) in [6.45, 7) is 7.36. The molecule has 1 fully saturated rings. The number of piperazine rings is 1. The van der Waals surface area contributed by atoms with Crippen molar-refractivity contribution in [2.24, 2.45) is 7.05 Å². The van der Waals surface area contributed by atoms with Gasteiger partial charge in [0.2, 0.25) is 5.95 Å². The second kappa shape index (κ2) is 9.28. The third-order valence-corrected chi connectivity index (χ3v) is 6.18. The van der Waals surface area contributed by atoms with Crippen molar-refractivity contribution in [3.8, 4) is 0 Å². The zero-order valence-electron chi connectivity index (χ0n) is 18.1. The summed E-state index contributed by atoms with van der Waals surface area (Å²) in [6, 6.07) is 7.58. The lowest BCUT2D eigenvalue weighted by Gasteiger charge is -2.35. The van der Waals surface area contributed by atoms with Crippen LogP contribution in [-0.4, -0.2) is 56.7 Å². The second-order valence-electron chi connectivity index (χ2n) is 8.15. The van der Waals surface area contributed by atoms with Gasteiger partial charge in [-0.2, -0.15) is 4.98 Å². The first-order valence-corrected chi connectivity index (χ1v) is 11.3. The van der Waals surface area contributed by atoms with Crippen molar-refractivity contribution >= 4 is 28.7 Å². The van der Waals surface area contributed by atoms with Gasteiger partial charge in [0.15, 0.2) is 11.2 Å². The average molecular weight is 445 g/mol. The maximum atomic E-state index is 12.7. The van der Waals surface area contributed by atoms with Gasteiger partial charge in [0.25, 0.3) is 5.56 Å². The number of H-pyrrole nitrogens is 1. The molecule has 2 aromatic heterocycles. The highest BCUT2D eigenvalue weighted by molar-refractivity contribution is 6.30. The highest BCUT2D eigenvalue weighted by Gasteiger charge is 2.25. The molecule has 0 radical (unpaired) electrons. The molecule has 0 aliphatic carbocycles. The van der Waals surface area contributed by atoms with Gasteiger partial charge in [-0.1, -0.05) is 43.5 Å². The molecule has 1 aromatic carbocycles. The molecular weight excluding hydrogens is 416 g/mol. The fourth-order valence-corrected chi connectivity index (χ4v) is 4.40. The molecule has 8 nitrogen and oxygen atoms in total. The molecule has 0 unspecified atom stereocenters. The highest BCUT2D eigenvalue weighted by Crippen LogP contribution is 2.23. The number of aromatic nitrogens is 4. The number of nitrogens with zero attached hydrogens (tertiary/aromatic N) is 5. The van der Waals surface area contributed by atoms with Crippen LogP contribution in [0.4, 0.5) is 5.95 Å². The molecule has 31 heavy (non-hydrogen) atoms. The summed E-state index contributed by atoms with van der Waals surface area (Å²) in [7, 11) is 1.63. The number of anilines is 1. The van der Waals surface area contributed by atoms with E-state index in [-0.39, 0.29) is 0 Å². The molecular formula is C22H29ClN6O2. The lowest BCUT2D eigenvalue weighted by Crippen LogP contribution is -2.47. The Labute approximate surface area is 186 Å². The van der Waals surface area contributed by atoms with Gasteiger partial charge < -0.3 is 4.90 Å². The number of nitrogens with one attached hydrogen (secondary N) is 1. The SMILES string of the molecule is CCCCCN1CCN(c2nc3c(c(=O)[nH]c(=O)n3C)n2Cc2cccc(Cl)c2)CC1. The molecule has 0 saturated carbocycles. The quantitative estimate of drug-likeness (QED) is 0.566. The summed E-state index contributed by atoms with van der Waals surface area (Å²) in [4.78, 5) is 36.7. The predicted octanol–water partition coefficient (Wildman–Crippen LogP) is 2.44. The summed E-state index contributed by atoms with van der Waals surface area (Å²) in [5, 5.41) is 0.644. The number of aryl methyl sites for hydroxylation is 1. The maximum absolute atomic E-state index is 12.7. The molecule has 3 aromatic rings. The van der Waals surface area contributed by atoms with E-state index >= 15 is 0 Å². The third kappa shape index (κ3) is 4.55. The van der Waals surface area contributed by atoms with Gasteiger partial charge in [-0.3, -0.25) is 23.8 Å². The van der Waals surface area contributed by atoms with E-state index in [4.69, 9.17) is 16.6 Å². The van der Waals surface area contributed by atoms with Crippen LogP contribution in [0.15, 0.2) is 33.9 Å². The Kier molecular flexibility index (Phi) is 6.48. The zero-order valence-corrected chi connectivity index (χ0v) is 18.9. The van der Waals surface area contributed by atoms with Crippen molar-refractivity contribution in [1.29, 1.82) is 0 Å². The van der Waals surface area contributed by atoms with E-state index in [1.165, 1.54) is 23.8 Å². The van der Waals surface area contributed by atoms with Gasteiger partial charge in [0.05, 0.1) is 6.54 Å². The maximum Gasteiger partial charge on any atom is 0.329 e. The second-order valence-corrected chi connectivity index (χ2v) is 8.59. The summed E-state index contributed by atoms with van der Waals surface area (Å²) in [6.07, 6.45) is 3.70. The van der Waals surface area contributed by atoms with Crippen molar-refractivity contribution in [3.05, 3.63) is 55.7 Å². The van der Waals surface area contributed by atoms with Gasteiger partial charge in [0, 0.05) is 38.2 Å². The van der Waals surface area contributed by atoms with Crippen LogP contribution in [0.5, 0.6) is 0 Å². The van der Waals surface area contributed by atoms with E-state index in [1.54, 1.807) is 7.05 Å². The number of benzene rings is 1. The first kappa shape index (κ1) is 21.6. The Hall–Kier alpha value is -2.58. The fraction of sp³-hybridized carbons (Fsp3) is 0.500. The first-order chi connectivity index (χ1) is 15.0. The zero-order chi connectivity index (χ0) is 22.0. The van der Waals surface area contributed by atoms with Crippen molar-refractivity contribution in [1.82, 2.24) is 24.0 Å². The van der Waals surface area contributed by atoms with E-state index in [2.05, 4.69) is 21.7 Å². The van der Waals surface area contributed by atoms with E-state index in [0.717, 1.165) is 44.2 Å². The first-order valence-electron chi connectivity index (χ1n) is 10.9. The van der Waals surface area contributed by atoms with Gasteiger partial charge in [-0.25, -0.2) is 4.79 Å². The molecule has 0 atom stereocenters. The number of fused-ring (bicyclic) bond motifs is 1. The van der Waals surface area contributed by atoms with Crippen molar-refractivity contribution in [2.45, 2.75) is 32.7 Å². The Balaban J connectivity index is 1.69. The van der Waals surface area contributed by atoms with Crippen LogP contribution in [0.25, 0.3) is 11.2 Å². The Morgan fingerprint density at radius 2 is 1.90 bits per heavy atom. The van der Waals surface area contributed by atoms with Crippen molar-refractivity contribution in [2.75, 3.05) is 37.6 Å². The van der Waals surface area contributed by atoms with Crippen LogP contribution in [0, 0.1) is 0 Å². The average Bonchev–Trinajstić information content (AvgIpc) is 3.13. The third-order valence-electron chi connectivity index (χ3n) is 5.95. The Morgan fingerprint density at radius 1 is 1.13 bits per heavy atom. The topological polar surface area (TPSA) is 79.2 Å². The van der Waals surface area contributed by atoms with E-state index < -0.39 is 11.2 Å². The number of hydrogen-bond acceptors (Lipinski definition) is 5. The van der Waals surface area contributed by atoms with E-state index in [9.17, 15) is 9.59 Å². The van der Waals surface area contributed by atoms with Gasteiger partial charge >= 0.3 is 5.69 Å². The van der Waals surface area contributed by atoms with Crippen LogP contribution in [0.3, 0.4) is 0 Å². The normalized spacial score (nSPS) is 15.1. The molecule has 4 rings (SSSR count). The molecule has 166 valence electrons. The van der Waals surface area contributed by atoms with Crippen LogP contribution in [0.2, 0.25) is 5.02 Å². The number of aromatic amines is 1. The number of hydrogen-bond donors (Lipinski definition) is 1. The summed E-state index contributed by atoms with van der Waals surface area (Å²) in [5.74, 6) is 0.717. The minimum absolute atomic E-state index is 0.399. The van der Waals surface area contributed by atoms with Crippen LogP contribution in [0.1, 0.15) is 31.7 Å². The number of halogens is 1. The van der Waals surface area contributed by atoms with Gasteiger partial charge in [-0.05, 0) is 30.7 Å². The number of imidazole rings is 1. The van der Waals surface area contributed by atoms with E-state index in [1.807, 2.05) is 28.8 Å². The van der Waals surface area contributed by atoms with Crippen LogP contribution in [-0.2, 0) is 13.6 Å². The number of unbranched alkanes of at least 4 members (excludes halogenated alkanes) is 2. The Bertz CT molecular complexity index is 1170. The molecule has 1 N–H and O–H groups in total. The lowest BCUT2D eigenvalue weighted by molar-refractivity contribution is 0.251. The van der Waals surface area contributed by atoms with Crippen LogP contribution < -0.4 is 16.1 Å². The molecule has 1 aliphatic heterocycles. The monoisotopic (exact) mass is 444 g/mol. The standard InChI is InChI=1S/C22H29ClN6O2/c1-3-4-5-9-27-10-12-28(13-11-27)21-24-19-18(20(30)25-22(31)26(19)2)29(21)15-16-7-6-8-17(23)14-16/h6-8,14H,3-5,9-13,15H2,1-2H3,(H,25,30,31). The smallest absolute Gasteiger partial charge is 0.329 e. The summed E-state index contributed by atoms with van der Waals surface area (Å²) >= 11 is 6.18. The predicted molar refractivity (Wildman–Crippen MR) is 124 cm³/mol. The molecule has 1 aliphatic rings. The summed E-state index contributed by atoms with van der Waals surface area (Å²) in [5.41, 5.74) is 0.896. The minimum atomic E-state index is -0.461. The van der Waals surface area contributed by atoms with E-state index in [0.29, 0.717) is 22.7 Å². The minimum Gasteiger partial charge on any atom is -0.340 e.